The van der Waals surface area contributed by atoms with Crippen molar-refractivity contribution in [3.63, 3.8) is 0 Å². The highest BCUT2D eigenvalue weighted by atomic mass is 31.3. The van der Waals surface area contributed by atoms with E-state index >= 15 is 0 Å². The number of aromatic amines is 1. The van der Waals surface area contributed by atoms with Gasteiger partial charge >= 0.3 is 35.1 Å². The molecule has 0 aromatic carbocycles. The summed E-state index contributed by atoms with van der Waals surface area (Å²) in [7, 11) is -16.8. The molecule has 21 nitrogen and oxygen atoms in total. The number of hydrogen-bond acceptors (Lipinski definition) is 13. The highest BCUT2D eigenvalue weighted by molar-refractivity contribution is 7.66. The molecule has 2 unspecified atom stereocenters. The number of hydrogen-bond donors (Lipinski definition) is 7. The molecule has 1 saturated heterocycles. The van der Waals surface area contributed by atoms with Gasteiger partial charge in [-0.3, -0.25) is 28.3 Å². The topological polar surface area (TPSA) is 312 Å². The molecule has 0 amide bonds. The average Bonchev–Trinajstić information content (AvgIpc) is 3.39. The van der Waals surface area contributed by atoms with Gasteiger partial charge in [-0.15, -0.1) is 5.10 Å². The van der Waals surface area contributed by atoms with Crippen molar-refractivity contribution in [3.05, 3.63) is 33.2 Å². The Hall–Kier alpha value is -2.38. The van der Waals surface area contributed by atoms with E-state index in [1.54, 1.807) is 0 Å². The number of unbranched alkanes of at least 4 members (excludes halogenated alkanes) is 1. The van der Waals surface area contributed by atoms with Crippen LogP contribution in [-0.2, 0) is 42.9 Å². The number of carbonyl (C=O) groups is 1. The minimum Gasteiger partial charge on any atom is -0.481 e. The summed E-state index contributed by atoms with van der Waals surface area (Å²) in [5.74, 6) is -0.941. The van der Waals surface area contributed by atoms with Crippen LogP contribution in [0.4, 0.5) is 0 Å². The molecule has 1 aliphatic heterocycles. The Balaban J connectivity index is 1.68. The van der Waals surface area contributed by atoms with Crippen LogP contribution in [0.3, 0.4) is 0 Å². The van der Waals surface area contributed by atoms with Gasteiger partial charge in [0.25, 0.3) is 5.56 Å². The number of aliphatic carboxylic acids is 1. The van der Waals surface area contributed by atoms with E-state index in [0.717, 1.165) is 10.8 Å². The number of carboxylic acids is 1. The van der Waals surface area contributed by atoms with Crippen LogP contribution in [0, 0.1) is 0 Å². The zero-order chi connectivity index (χ0) is 29.9. The number of rotatable bonds is 14. The lowest BCUT2D eigenvalue weighted by atomic mass is 10.2. The molecule has 0 spiro atoms. The van der Waals surface area contributed by atoms with Crippen molar-refractivity contribution in [2.45, 2.75) is 50.7 Å². The number of aromatic nitrogens is 5. The number of aliphatic hydroxyl groups is 1. The zero-order valence-electron chi connectivity index (χ0n) is 20.0. The van der Waals surface area contributed by atoms with Crippen LogP contribution in [-0.4, -0.2) is 79.1 Å². The first-order chi connectivity index (χ1) is 18.4. The van der Waals surface area contributed by atoms with E-state index in [2.05, 4.69) is 28.4 Å². The number of phosphoric acid groups is 3. The number of ether oxygens (including phenoxy) is 1. The number of nitrogens with zero attached hydrogens (tertiary/aromatic N) is 4. The van der Waals surface area contributed by atoms with Crippen LogP contribution in [0.5, 0.6) is 0 Å². The van der Waals surface area contributed by atoms with Gasteiger partial charge in [-0.05, 0) is 12.8 Å². The summed E-state index contributed by atoms with van der Waals surface area (Å²) in [5.41, 5.74) is -1.80. The monoisotopic (exact) mass is 635 g/mol. The maximum Gasteiger partial charge on any atom is 0.490 e. The first-order valence-electron chi connectivity index (χ1n) is 11.0. The molecule has 2 aromatic heterocycles. The highest BCUT2D eigenvalue weighted by Gasteiger charge is 2.43. The summed E-state index contributed by atoms with van der Waals surface area (Å²) in [4.78, 5) is 73.4. The van der Waals surface area contributed by atoms with Gasteiger partial charge in [-0.2, -0.15) is 8.62 Å². The lowest BCUT2D eigenvalue weighted by Crippen LogP contribution is -2.33. The van der Waals surface area contributed by atoms with Gasteiger partial charge in [-0.25, -0.2) is 18.5 Å². The second-order valence-electron chi connectivity index (χ2n) is 8.25. The van der Waals surface area contributed by atoms with Crippen LogP contribution < -0.4 is 11.2 Å². The molecule has 2 aromatic rings. The first kappa shape index (κ1) is 32.1. The lowest BCUT2D eigenvalue weighted by Gasteiger charge is -2.19. The molecule has 0 aliphatic carbocycles. The van der Waals surface area contributed by atoms with Crippen LogP contribution >= 0.6 is 23.5 Å². The third-order valence-corrected chi connectivity index (χ3v) is 8.95. The molecule has 224 valence electrons. The normalized spacial score (nSPS) is 22.6. The second-order valence-corrected chi connectivity index (χ2v) is 12.7. The average molecular weight is 635 g/mol. The smallest absolute Gasteiger partial charge is 0.481 e. The Bertz CT molecular complexity index is 1480. The Morgan fingerprint density at radius 1 is 1.10 bits per heavy atom. The molecule has 1 fully saturated rings. The van der Waals surface area contributed by atoms with Crippen molar-refractivity contribution in [1.29, 1.82) is 0 Å². The van der Waals surface area contributed by atoms with Crippen LogP contribution in [0.1, 0.15) is 31.9 Å². The lowest BCUT2D eigenvalue weighted by molar-refractivity contribution is -0.137. The third kappa shape index (κ3) is 9.34. The number of phosphoric ester groups is 1. The molecule has 0 bridgehead atoms. The maximum absolute atomic E-state index is 12.4. The molecular weight excluding hydrogens is 611 g/mol. The maximum atomic E-state index is 12.4. The van der Waals surface area contributed by atoms with Crippen LogP contribution in [0.25, 0.3) is 11.3 Å². The molecule has 40 heavy (non-hydrogen) atoms. The first-order valence-corrected chi connectivity index (χ1v) is 15.6. The van der Waals surface area contributed by atoms with Crippen molar-refractivity contribution in [2.75, 3.05) is 6.61 Å². The van der Waals surface area contributed by atoms with Crippen LogP contribution in [0.2, 0.25) is 0 Å². The minimum atomic E-state index is -5.75. The van der Waals surface area contributed by atoms with E-state index in [0.29, 0.717) is 19.4 Å². The predicted octanol–water partition coefficient (Wildman–Crippen LogP) is -0.958. The quantitative estimate of drug-likeness (QED) is 0.0971. The highest BCUT2D eigenvalue weighted by Crippen LogP contribution is 2.66. The van der Waals surface area contributed by atoms with Gasteiger partial charge in [0, 0.05) is 25.6 Å². The summed E-state index contributed by atoms with van der Waals surface area (Å²) in [6.45, 7) is -0.643. The zero-order valence-corrected chi connectivity index (χ0v) is 22.7. The molecule has 0 radical (unpaired) electrons. The van der Waals surface area contributed by atoms with Gasteiger partial charge in [0.1, 0.15) is 18.0 Å². The molecular formula is C16H24N5O16P3. The summed E-state index contributed by atoms with van der Waals surface area (Å²) in [5, 5.41) is 26.7. The SMILES string of the molecule is O=C(O)CCCCn1cc(-c2cn([C@H]3C[C@H](O)[C@@H](COP(=O)(O)OP(=O)(O)OP(=O)(O)O)O3)c(=O)[nH]c2=O)nn1. The number of aryl methyl sites for hydroxylation is 1. The van der Waals surface area contributed by atoms with Crippen molar-refractivity contribution >= 4 is 29.4 Å². The fourth-order valence-corrected chi connectivity index (χ4v) is 6.50. The number of aliphatic hydroxyl groups excluding tert-OH is 1. The van der Waals surface area contributed by atoms with E-state index in [1.807, 2.05) is 0 Å². The summed E-state index contributed by atoms with van der Waals surface area (Å²) in [6.07, 6.45) is -1.04. The molecule has 3 rings (SSSR count). The van der Waals surface area contributed by atoms with Crippen molar-refractivity contribution in [3.8, 4) is 11.3 Å². The van der Waals surface area contributed by atoms with Crippen LogP contribution in [0.15, 0.2) is 22.0 Å². The largest absolute Gasteiger partial charge is 0.490 e. The van der Waals surface area contributed by atoms with Gasteiger partial charge in [0.05, 0.1) is 24.5 Å². The van der Waals surface area contributed by atoms with E-state index in [-0.39, 0.29) is 24.1 Å². The van der Waals surface area contributed by atoms with E-state index < -0.39 is 65.7 Å². The Kier molecular flexibility index (Phi) is 10.2. The van der Waals surface area contributed by atoms with E-state index in [9.17, 15) is 43.0 Å². The molecule has 1 aliphatic rings. The summed E-state index contributed by atoms with van der Waals surface area (Å²) >= 11 is 0. The minimum absolute atomic E-state index is 0.0262. The van der Waals surface area contributed by atoms with E-state index in [1.165, 1.54) is 10.9 Å². The third-order valence-electron chi connectivity index (χ3n) is 5.14. The molecule has 0 saturated carbocycles. The number of nitrogens with one attached hydrogen (secondary N) is 1. The second kappa shape index (κ2) is 12.6. The Morgan fingerprint density at radius 3 is 2.45 bits per heavy atom. The van der Waals surface area contributed by atoms with Crippen molar-refractivity contribution in [1.82, 2.24) is 24.5 Å². The van der Waals surface area contributed by atoms with Gasteiger partial charge in [0.2, 0.25) is 0 Å². The Morgan fingerprint density at radius 2 is 1.80 bits per heavy atom. The molecule has 3 heterocycles. The van der Waals surface area contributed by atoms with Gasteiger partial charge < -0.3 is 34.5 Å². The summed E-state index contributed by atoms with van der Waals surface area (Å²) in [6, 6.07) is 0. The Labute approximate surface area is 222 Å². The molecule has 5 atom stereocenters. The van der Waals surface area contributed by atoms with Gasteiger partial charge in [-0.1, -0.05) is 5.21 Å². The van der Waals surface area contributed by atoms with Crippen molar-refractivity contribution < 1.29 is 66.2 Å². The predicted molar refractivity (Wildman–Crippen MR) is 126 cm³/mol. The fourth-order valence-electron chi connectivity index (χ4n) is 3.47. The van der Waals surface area contributed by atoms with E-state index in [4.69, 9.17) is 19.6 Å². The number of H-pyrrole nitrogens is 1. The van der Waals surface area contributed by atoms with Crippen molar-refractivity contribution in [2.24, 2.45) is 0 Å². The fraction of sp³-hybridized carbons (Fsp3) is 0.562. The number of carboxylic acid groups (broad SMARTS) is 1. The van der Waals surface area contributed by atoms with Gasteiger partial charge in [0.15, 0.2) is 0 Å². The molecule has 7 N–H and O–H groups in total. The molecule has 24 heteroatoms. The standard InChI is InChI=1S/C16H24N5O16P3/c22-11-5-13(35-12(11)8-34-39(30,31)37-40(32,33)36-38(27,28)29)21-6-9(15(25)17-16(21)26)10-7-20(19-18-10)4-2-1-3-14(23)24/h6-7,11-13,22H,1-5,8H2,(H,23,24)(H,30,31)(H,32,33)(H,17,25,26)(H2,27,28,29)/t11-,12+,13+/m0/s1. The summed E-state index contributed by atoms with van der Waals surface area (Å²) < 4.78 is 53.4.